The highest BCUT2D eigenvalue weighted by Crippen LogP contribution is 2.12. The fourth-order valence-corrected chi connectivity index (χ4v) is 2.50. The van der Waals surface area contributed by atoms with Crippen molar-refractivity contribution in [3.63, 3.8) is 0 Å². The molecule has 0 aliphatic heterocycles. The Bertz CT molecular complexity index is 330. The van der Waals surface area contributed by atoms with Gasteiger partial charge in [-0.3, -0.25) is 4.21 Å². The third kappa shape index (κ3) is 4.10. The van der Waals surface area contributed by atoms with Crippen molar-refractivity contribution in [3.8, 4) is 0 Å². The first-order chi connectivity index (χ1) is 7.25. The van der Waals surface area contributed by atoms with Gasteiger partial charge in [0, 0.05) is 5.75 Å². The van der Waals surface area contributed by atoms with Crippen molar-refractivity contribution < 1.29 is 8.60 Å². The van der Waals surface area contributed by atoms with E-state index in [2.05, 4.69) is 0 Å². The predicted molar refractivity (Wildman–Crippen MR) is 60.6 cm³/mol. The molecule has 0 bridgehead atoms. The zero-order valence-electron chi connectivity index (χ0n) is 8.62. The summed E-state index contributed by atoms with van der Waals surface area (Å²) >= 11 is 0. The maximum absolute atomic E-state index is 13.2. The van der Waals surface area contributed by atoms with Gasteiger partial charge in [0.2, 0.25) is 0 Å². The molecule has 0 spiro atoms. The minimum absolute atomic E-state index is 0.310. The summed E-state index contributed by atoms with van der Waals surface area (Å²) in [6.07, 6.45) is 2.73. The van der Waals surface area contributed by atoms with E-state index >= 15 is 0 Å². The molecule has 0 saturated carbocycles. The van der Waals surface area contributed by atoms with Crippen LogP contribution in [-0.4, -0.2) is 16.5 Å². The summed E-state index contributed by atoms with van der Waals surface area (Å²) in [7, 11) is -1.21. The second-order valence-electron chi connectivity index (χ2n) is 3.33. The molecule has 4 heteroatoms. The van der Waals surface area contributed by atoms with E-state index in [4.69, 9.17) is 5.73 Å². The molecular weight excluding hydrogens is 213 g/mol. The quantitative estimate of drug-likeness (QED) is 0.759. The topological polar surface area (TPSA) is 43.1 Å². The summed E-state index contributed by atoms with van der Waals surface area (Å²) in [5, 5.41) is 0. The van der Waals surface area contributed by atoms with E-state index in [0.29, 0.717) is 17.2 Å². The highest BCUT2D eigenvalue weighted by molar-refractivity contribution is 7.85. The lowest BCUT2D eigenvalue weighted by Crippen LogP contribution is -2.03. The summed E-state index contributed by atoms with van der Waals surface area (Å²) in [6, 6.07) is 6.22. The van der Waals surface area contributed by atoms with E-state index in [1.165, 1.54) is 6.07 Å². The molecule has 0 heterocycles. The maximum atomic E-state index is 13.2. The Morgan fingerprint density at radius 2 is 1.93 bits per heavy atom. The van der Waals surface area contributed by atoms with Gasteiger partial charge in [-0.25, -0.2) is 4.39 Å². The molecular formula is C11H16FNOS. The molecule has 84 valence electrons. The number of hydrogen-bond donors (Lipinski definition) is 1. The van der Waals surface area contributed by atoms with Gasteiger partial charge >= 0.3 is 0 Å². The molecule has 0 amide bonds. The lowest BCUT2D eigenvalue weighted by atomic mass is 10.2. The molecule has 0 saturated heterocycles. The Morgan fingerprint density at radius 1 is 1.20 bits per heavy atom. The fraction of sp³-hybridized carbons (Fsp3) is 0.455. The van der Waals surface area contributed by atoms with E-state index in [1.54, 1.807) is 18.2 Å². The highest BCUT2D eigenvalue weighted by Gasteiger charge is 2.08. The highest BCUT2D eigenvalue weighted by atomic mass is 32.2. The second kappa shape index (κ2) is 6.69. The summed E-state index contributed by atoms with van der Waals surface area (Å²) < 4.78 is 24.9. The number of halogens is 1. The average molecular weight is 229 g/mol. The summed E-state index contributed by atoms with van der Waals surface area (Å²) in [4.78, 5) is 0.310. The van der Waals surface area contributed by atoms with Crippen LogP contribution in [0.15, 0.2) is 29.2 Å². The molecule has 1 aromatic rings. The molecule has 1 rings (SSSR count). The van der Waals surface area contributed by atoms with Crippen molar-refractivity contribution >= 4 is 10.8 Å². The lowest BCUT2D eigenvalue weighted by molar-refractivity contribution is 0.594. The Balaban J connectivity index is 2.44. The van der Waals surface area contributed by atoms with E-state index in [-0.39, 0.29) is 5.82 Å². The minimum Gasteiger partial charge on any atom is -0.330 e. The first-order valence-electron chi connectivity index (χ1n) is 5.08. The van der Waals surface area contributed by atoms with Gasteiger partial charge in [0.1, 0.15) is 5.82 Å². The van der Waals surface area contributed by atoms with Gasteiger partial charge in [-0.2, -0.15) is 0 Å². The number of hydrogen-bond acceptors (Lipinski definition) is 2. The van der Waals surface area contributed by atoms with Crippen molar-refractivity contribution in [2.75, 3.05) is 12.3 Å². The summed E-state index contributed by atoms with van der Waals surface area (Å²) in [6.45, 7) is 0.659. The van der Waals surface area contributed by atoms with Crippen LogP contribution in [-0.2, 0) is 10.8 Å². The largest absolute Gasteiger partial charge is 0.330 e. The maximum Gasteiger partial charge on any atom is 0.139 e. The molecule has 0 radical (unpaired) electrons. The molecule has 0 fully saturated rings. The molecule has 1 unspecified atom stereocenters. The van der Waals surface area contributed by atoms with Crippen LogP contribution in [0.5, 0.6) is 0 Å². The normalized spacial score (nSPS) is 12.7. The van der Waals surface area contributed by atoms with Gasteiger partial charge in [-0.1, -0.05) is 18.6 Å². The number of unbranched alkanes of at least 4 members (excludes halogenated alkanes) is 2. The Morgan fingerprint density at radius 3 is 2.60 bits per heavy atom. The van der Waals surface area contributed by atoms with Gasteiger partial charge in [0.15, 0.2) is 0 Å². The van der Waals surface area contributed by atoms with E-state index in [0.717, 1.165) is 19.3 Å². The smallest absolute Gasteiger partial charge is 0.139 e. The van der Waals surface area contributed by atoms with Gasteiger partial charge in [-0.15, -0.1) is 0 Å². The van der Waals surface area contributed by atoms with Crippen LogP contribution in [0, 0.1) is 5.82 Å². The van der Waals surface area contributed by atoms with Gasteiger partial charge < -0.3 is 5.73 Å². The molecule has 1 aromatic carbocycles. The third-order valence-electron chi connectivity index (χ3n) is 2.12. The summed E-state index contributed by atoms with van der Waals surface area (Å²) in [5.41, 5.74) is 5.34. The van der Waals surface area contributed by atoms with E-state index in [9.17, 15) is 8.60 Å². The third-order valence-corrected chi connectivity index (χ3v) is 3.60. The number of nitrogens with two attached hydrogens (primary N) is 1. The van der Waals surface area contributed by atoms with Crippen molar-refractivity contribution in [1.82, 2.24) is 0 Å². The van der Waals surface area contributed by atoms with Crippen LogP contribution in [0.25, 0.3) is 0 Å². The molecule has 0 aliphatic carbocycles. The molecule has 15 heavy (non-hydrogen) atoms. The summed E-state index contributed by atoms with van der Waals surface area (Å²) in [5.74, 6) is 0.135. The predicted octanol–water partition coefficient (Wildman–Crippen LogP) is 2.06. The molecule has 2 N–H and O–H groups in total. The molecule has 1 atom stereocenters. The van der Waals surface area contributed by atoms with Gasteiger partial charge in [0.25, 0.3) is 0 Å². The Labute approximate surface area is 92.1 Å². The van der Waals surface area contributed by atoms with Crippen molar-refractivity contribution in [1.29, 1.82) is 0 Å². The lowest BCUT2D eigenvalue weighted by Gasteiger charge is -2.02. The average Bonchev–Trinajstić information content (AvgIpc) is 2.25. The Hall–Kier alpha value is -0.740. The first-order valence-corrected chi connectivity index (χ1v) is 6.40. The van der Waals surface area contributed by atoms with Crippen LogP contribution in [0.2, 0.25) is 0 Å². The van der Waals surface area contributed by atoms with Crippen molar-refractivity contribution in [2.45, 2.75) is 24.2 Å². The molecule has 2 nitrogen and oxygen atoms in total. The van der Waals surface area contributed by atoms with Crippen LogP contribution < -0.4 is 5.73 Å². The second-order valence-corrected chi connectivity index (χ2v) is 4.87. The first kappa shape index (κ1) is 12.3. The van der Waals surface area contributed by atoms with Crippen LogP contribution >= 0.6 is 0 Å². The fourth-order valence-electron chi connectivity index (χ4n) is 1.29. The minimum atomic E-state index is -1.21. The number of benzene rings is 1. The van der Waals surface area contributed by atoms with Crippen LogP contribution in [0.4, 0.5) is 4.39 Å². The van der Waals surface area contributed by atoms with Crippen molar-refractivity contribution in [2.24, 2.45) is 5.73 Å². The van der Waals surface area contributed by atoms with Crippen LogP contribution in [0.1, 0.15) is 19.3 Å². The molecule has 0 aliphatic rings. The monoisotopic (exact) mass is 229 g/mol. The molecule has 0 aromatic heterocycles. The van der Waals surface area contributed by atoms with Gasteiger partial charge in [0.05, 0.1) is 15.7 Å². The number of rotatable bonds is 6. The Kier molecular flexibility index (Phi) is 5.50. The van der Waals surface area contributed by atoms with E-state index in [1.807, 2.05) is 0 Å². The zero-order valence-corrected chi connectivity index (χ0v) is 9.43. The van der Waals surface area contributed by atoms with Gasteiger partial charge in [-0.05, 0) is 31.5 Å². The van der Waals surface area contributed by atoms with Crippen molar-refractivity contribution in [3.05, 3.63) is 30.1 Å². The standard InChI is InChI=1S/C11H16FNOS/c12-10-6-2-3-7-11(10)15(14)9-5-1-4-8-13/h2-3,6-7H,1,4-5,8-9,13H2. The van der Waals surface area contributed by atoms with Crippen LogP contribution in [0.3, 0.4) is 0 Å². The van der Waals surface area contributed by atoms with E-state index < -0.39 is 10.8 Å². The SMILES string of the molecule is NCCCCCS(=O)c1ccccc1F. The zero-order chi connectivity index (χ0) is 11.1.